The highest BCUT2D eigenvalue weighted by Crippen LogP contribution is 1.77. The molecule has 0 aromatic carbocycles. The quantitative estimate of drug-likeness (QED) is 0.411. The molecule has 1 amide bonds. The summed E-state index contributed by atoms with van der Waals surface area (Å²) in [5, 5.41) is 14.6. The van der Waals surface area contributed by atoms with Gasteiger partial charge in [-0.15, -0.1) is 0 Å². The molecule has 0 aromatic rings. The molecular weight excluding hydrogens is 212 g/mol. The predicted molar refractivity (Wildman–Crippen MR) is 60.3 cm³/mol. The van der Waals surface area contributed by atoms with Gasteiger partial charge in [0.15, 0.2) is 0 Å². The first-order chi connectivity index (χ1) is 7.66. The number of ether oxygens (including phenoxy) is 2. The number of aliphatic hydroxyl groups excluding tert-OH is 1. The van der Waals surface area contributed by atoms with E-state index in [-0.39, 0.29) is 18.6 Å². The molecule has 6 nitrogen and oxygen atoms in total. The number of carbonyl (C=O) groups excluding carboxylic acids is 1. The summed E-state index contributed by atoms with van der Waals surface area (Å²) < 4.78 is 9.80. The van der Waals surface area contributed by atoms with Crippen LogP contribution in [-0.4, -0.2) is 63.7 Å². The van der Waals surface area contributed by atoms with Gasteiger partial charge in [-0.3, -0.25) is 4.79 Å². The van der Waals surface area contributed by atoms with Crippen molar-refractivity contribution in [2.45, 2.75) is 13.0 Å². The Kier molecular flexibility index (Phi) is 10.3. The van der Waals surface area contributed by atoms with E-state index in [1.54, 1.807) is 14.0 Å². The van der Waals surface area contributed by atoms with E-state index in [0.717, 1.165) is 0 Å². The molecule has 0 saturated heterocycles. The second-order valence-corrected chi connectivity index (χ2v) is 3.45. The van der Waals surface area contributed by atoms with Gasteiger partial charge in [0.05, 0.1) is 19.3 Å². The van der Waals surface area contributed by atoms with Crippen LogP contribution in [0.4, 0.5) is 0 Å². The maximum absolute atomic E-state index is 11.1. The summed E-state index contributed by atoms with van der Waals surface area (Å²) >= 11 is 0. The minimum absolute atomic E-state index is 0.0553. The minimum Gasteiger partial charge on any atom is -0.392 e. The molecule has 0 aliphatic rings. The van der Waals surface area contributed by atoms with E-state index < -0.39 is 0 Å². The van der Waals surface area contributed by atoms with E-state index in [1.807, 2.05) is 0 Å². The van der Waals surface area contributed by atoms with Crippen LogP contribution in [0.25, 0.3) is 0 Å². The molecule has 0 aliphatic heterocycles. The van der Waals surface area contributed by atoms with Crippen molar-refractivity contribution in [3.8, 4) is 0 Å². The van der Waals surface area contributed by atoms with Crippen molar-refractivity contribution in [3.05, 3.63) is 0 Å². The summed E-state index contributed by atoms with van der Waals surface area (Å²) in [6.45, 7) is 4.36. The van der Waals surface area contributed by atoms with Crippen LogP contribution in [0.2, 0.25) is 0 Å². The lowest BCUT2D eigenvalue weighted by atomic mass is 10.4. The fourth-order valence-corrected chi connectivity index (χ4v) is 0.959. The third-order valence-electron chi connectivity index (χ3n) is 1.73. The molecule has 0 bridgehead atoms. The predicted octanol–water partition coefficient (Wildman–Crippen LogP) is -1.26. The monoisotopic (exact) mass is 234 g/mol. The van der Waals surface area contributed by atoms with E-state index in [9.17, 15) is 4.79 Å². The topological polar surface area (TPSA) is 79.8 Å². The summed E-state index contributed by atoms with van der Waals surface area (Å²) in [5.41, 5.74) is 0. The van der Waals surface area contributed by atoms with Crippen molar-refractivity contribution < 1.29 is 19.4 Å². The summed E-state index contributed by atoms with van der Waals surface area (Å²) in [6.07, 6.45) is -0.368. The summed E-state index contributed by atoms with van der Waals surface area (Å²) in [5.74, 6) is -0.144. The highest BCUT2D eigenvalue weighted by atomic mass is 16.5. The Morgan fingerprint density at radius 3 is 2.75 bits per heavy atom. The SMILES string of the molecule is COCCOCC(=O)NCCNCC(C)O. The van der Waals surface area contributed by atoms with E-state index in [2.05, 4.69) is 10.6 Å². The van der Waals surface area contributed by atoms with Crippen molar-refractivity contribution in [2.75, 3.05) is 46.6 Å². The zero-order valence-electron chi connectivity index (χ0n) is 9.99. The number of aliphatic hydroxyl groups is 1. The molecular formula is C10H22N2O4. The van der Waals surface area contributed by atoms with Crippen LogP contribution < -0.4 is 10.6 Å². The van der Waals surface area contributed by atoms with Crippen LogP contribution in [0.3, 0.4) is 0 Å². The fraction of sp³-hybridized carbons (Fsp3) is 0.900. The Morgan fingerprint density at radius 1 is 1.38 bits per heavy atom. The first-order valence-electron chi connectivity index (χ1n) is 5.39. The number of amides is 1. The van der Waals surface area contributed by atoms with E-state index >= 15 is 0 Å². The molecule has 0 heterocycles. The second-order valence-electron chi connectivity index (χ2n) is 3.45. The van der Waals surface area contributed by atoms with E-state index in [1.165, 1.54) is 0 Å². The van der Waals surface area contributed by atoms with E-state index in [4.69, 9.17) is 14.6 Å². The molecule has 0 aliphatic carbocycles. The Balaban J connectivity index is 3.17. The maximum Gasteiger partial charge on any atom is 0.246 e. The summed E-state index contributed by atoms with van der Waals surface area (Å²) in [6, 6.07) is 0. The molecule has 16 heavy (non-hydrogen) atoms. The maximum atomic E-state index is 11.1. The summed E-state index contributed by atoms with van der Waals surface area (Å²) in [4.78, 5) is 11.1. The first-order valence-corrected chi connectivity index (χ1v) is 5.39. The van der Waals surface area contributed by atoms with Crippen molar-refractivity contribution in [1.29, 1.82) is 0 Å². The van der Waals surface area contributed by atoms with Crippen LogP contribution in [0.5, 0.6) is 0 Å². The molecule has 1 unspecified atom stereocenters. The van der Waals surface area contributed by atoms with Crippen LogP contribution in [0, 0.1) is 0 Å². The number of hydrogen-bond acceptors (Lipinski definition) is 5. The highest BCUT2D eigenvalue weighted by Gasteiger charge is 2.00. The molecule has 0 saturated carbocycles. The standard InChI is InChI=1S/C10H22N2O4/c1-9(13)7-11-3-4-12-10(14)8-16-6-5-15-2/h9,11,13H,3-8H2,1-2H3,(H,12,14). The van der Waals surface area contributed by atoms with Gasteiger partial charge in [0.25, 0.3) is 0 Å². The van der Waals surface area contributed by atoms with Crippen molar-refractivity contribution in [3.63, 3.8) is 0 Å². The third-order valence-corrected chi connectivity index (χ3v) is 1.73. The molecule has 0 aromatic heterocycles. The van der Waals surface area contributed by atoms with Gasteiger partial charge in [-0.2, -0.15) is 0 Å². The molecule has 0 radical (unpaired) electrons. The van der Waals surface area contributed by atoms with Gasteiger partial charge in [-0.25, -0.2) is 0 Å². The van der Waals surface area contributed by atoms with Crippen LogP contribution in [0.1, 0.15) is 6.92 Å². The molecule has 6 heteroatoms. The van der Waals surface area contributed by atoms with Gasteiger partial charge in [0.1, 0.15) is 6.61 Å². The fourth-order valence-electron chi connectivity index (χ4n) is 0.959. The Morgan fingerprint density at radius 2 is 2.12 bits per heavy atom. The number of methoxy groups -OCH3 is 1. The van der Waals surface area contributed by atoms with Crippen LogP contribution >= 0.6 is 0 Å². The lowest BCUT2D eigenvalue weighted by Gasteiger charge is -2.08. The zero-order chi connectivity index (χ0) is 12.2. The van der Waals surface area contributed by atoms with Gasteiger partial charge in [-0.1, -0.05) is 0 Å². The molecule has 0 spiro atoms. The Bertz CT molecular complexity index is 176. The van der Waals surface area contributed by atoms with Gasteiger partial charge in [0.2, 0.25) is 5.91 Å². The normalized spacial score (nSPS) is 12.4. The van der Waals surface area contributed by atoms with Gasteiger partial charge >= 0.3 is 0 Å². The highest BCUT2D eigenvalue weighted by molar-refractivity contribution is 5.77. The molecule has 3 N–H and O–H groups in total. The average Bonchev–Trinajstić information content (AvgIpc) is 2.23. The zero-order valence-corrected chi connectivity index (χ0v) is 9.99. The van der Waals surface area contributed by atoms with Crippen LogP contribution in [-0.2, 0) is 14.3 Å². The molecule has 1 atom stereocenters. The number of rotatable bonds is 10. The third kappa shape index (κ3) is 11.4. The van der Waals surface area contributed by atoms with Crippen molar-refractivity contribution in [2.24, 2.45) is 0 Å². The molecule has 96 valence electrons. The number of carbonyl (C=O) groups is 1. The van der Waals surface area contributed by atoms with E-state index in [0.29, 0.717) is 32.8 Å². The number of nitrogens with one attached hydrogen (secondary N) is 2. The van der Waals surface area contributed by atoms with Gasteiger partial charge < -0.3 is 25.2 Å². The first kappa shape index (κ1) is 15.3. The Hall–Kier alpha value is -0.690. The average molecular weight is 234 g/mol. The van der Waals surface area contributed by atoms with Crippen LogP contribution in [0.15, 0.2) is 0 Å². The molecule has 0 fully saturated rings. The Labute approximate surface area is 96.3 Å². The van der Waals surface area contributed by atoms with Gasteiger partial charge in [0, 0.05) is 26.7 Å². The summed E-state index contributed by atoms with van der Waals surface area (Å²) in [7, 11) is 1.58. The molecule has 0 rings (SSSR count). The number of hydrogen-bond donors (Lipinski definition) is 3. The van der Waals surface area contributed by atoms with Gasteiger partial charge in [-0.05, 0) is 6.92 Å². The minimum atomic E-state index is -0.368. The lowest BCUT2D eigenvalue weighted by molar-refractivity contribution is -0.126. The van der Waals surface area contributed by atoms with Crippen molar-refractivity contribution >= 4 is 5.91 Å². The smallest absolute Gasteiger partial charge is 0.246 e. The van der Waals surface area contributed by atoms with Crippen molar-refractivity contribution in [1.82, 2.24) is 10.6 Å². The largest absolute Gasteiger partial charge is 0.392 e. The second kappa shape index (κ2) is 10.8. The lowest BCUT2D eigenvalue weighted by Crippen LogP contribution is -2.36.